The van der Waals surface area contributed by atoms with Crippen LogP contribution in [0, 0.1) is 0 Å². The lowest BCUT2D eigenvalue weighted by Crippen LogP contribution is -2.53. The van der Waals surface area contributed by atoms with Gasteiger partial charge in [-0.3, -0.25) is 4.99 Å². The minimum absolute atomic E-state index is 0. The van der Waals surface area contributed by atoms with E-state index in [1.54, 1.807) is 0 Å². The maximum absolute atomic E-state index is 5.90. The summed E-state index contributed by atoms with van der Waals surface area (Å²) < 4.78 is 17.0. The zero-order valence-corrected chi connectivity index (χ0v) is 18.1. The minimum atomic E-state index is 0. The maximum Gasteiger partial charge on any atom is 0.228 e. The van der Waals surface area contributed by atoms with Crippen molar-refractivity contribution >= 4 is 29.9 Å². The van der Waals surface area contributed by atoms with E-state index in [1.165, 1.54) is 0 Å². The van der Waals surface area contributed by atoms with Gasteiger partial charge in [0, 0.05) is 45.6 Å². The van der Waals surface area contributed by atoms with Crippen LogP contribution in [0.1, 0.15) is 44.3 Å². The molecule has 2 aliphatic heterocycles. The first-order valence-corrected chi connectivity index (χ1v) is 9.18. The highest BCUT2D eigenvalue weighted by Crippen LogP contribution is 2.21. The molecule has 0 amide bonds. The number of morpholine rings is 1. The maximum atomic E-state index is 5.90. The van der Waals surface area contributed by atoms with Gasteiger partial charge in [-0.05, 0) is 12.8 Å². The Labute approximate surface area is 172 Å². The molecule has 8 nitrogen and oxygen atoms in total. The second-order valence-electron chi connectivity index (χ2n) is 6.83. The summed E-state index contributed by atoms with van der Waals surface area (Å²) in [5, 5.41) is 7.38. The van der Waals surface area contributed by atoms with Crippen LogP contribution >= 0.6 is 24.0 Å². The molecule has 0 saturated carbocycles. The Bertz CT molecular complexity index is 574. The number of hydrogen-bond donors (Lipinski definition) is 1. The van der Waals surface area contributed by atoms with Gasteiger partial charge in [0.15, 0.2) is 11.8 Å². The van der Waals surface area contributed by atoms with E-state index < -0.39 is 0 Å². The van der Waals surface area contributed by atoms with Crippen molar-refractivity contribution in [1.82, 2.24) is 20.4 Å². The van der Waals surface area contributed by atoms with Crippen LogP contribution in [0.4, 0.5) is 0 Å². The van der Waals surface area contributed by atoms with E-state index in [1.807, 2.05) is 7.05 Å². The molecular formula is C17H30IN5O3. The highest BCUT2D eigenvalue weighted by molar-refractivity contribution is 14.0. The van der Waals surface area contributed by atoms with Gasteiger partial charge in [-0.2, -0.15) is 4.98 Å². The van der Waals surface area contributed by atoms with Crippen molar-refractivity contribution in [3.63, 3.8) is 0 Å². The van der Waals surface area contributed by atoms with Gasteiger partial charge in [0.25, 0.3) is 0 Å². The van der Waals surface area contributed by atoms with E-state index in [2.05, 4.69) is 39.2 Å². The first-order chi connectivity index (χ1) is 12.2. The fraction of sp³-hybridized carbons (Fsp3) is 0.824. The predicted molar refractivity (Wildman–Crippen MR) is 109 cm³/mol. The summed E-state index contributed by atoms with van der Waals surface area (Å²) in [5.41, 5.74) is 0. The molecule has 26 heavy (non-hydrogen) atoms. The molecule has 148 valence electrons. The molecule has 9 heteroatoms. The molecule has 2 saturated heterocycles. The molecule has 1 N–H and O–H groups in total. The Hall–Kier alpha value is -0.940. The Morgan fingerprint density at radius 1 is 1.31 bits per heavy atom. The Morgan fingerprint density at radius 2 is 2.12 bits per heavy atom. The highest BCUT2D eigenvalue weighted by atomic mass is 127. The van der Waals surface area contributed by atoms with Crippen molar-refractivity contribution in [3.8, 4) is 0 Å². The minimum Gasteiger partial charge on any atom is -0.375 e. The van der Waals surface area contributed by atoms with Gasteiger partial charge in [0.1, 0.15) is 6.10 Å². The third-order valence-corrected chi connectivity index (χ3v) is 4.61. The molecule has 0 aliphatic carbocycles. The third kappa shape index (κ3) is 5.53. The van der Waals surface area contributed by atoms with Crippen molar-refractivity contribution in [2.45, 2.75) is 51.2 Å². The summed E-state index contributed by atoms with van der Waals surface area (Å²) in [6.45, 7) is 8.00. The van der Waals surface area contributed by atoms with E-state index in [0.29, 0.717) is 25.5 Å². The lowest BCUT2D eigenvalue weighted by Gasteiger charge is -2.37. The van der Waals surface area contributed by atoms with Crippen LogP contribution in [-0.4, -0.2) is 73.1 Å². The van der Waals surface area contributed by atoms with Crippen molar-refractivity contribution < 1.29 is 14.0 Å². The average Bonchev–Trinajstić information content (AvgIpc) is 3.30. The van der Waals surface area contributed by atoms with Crippen LogP contribution in [0.15, 0.2) is 9.52 Å². The van der Waals surface area contributed by atoms with E-state index in [4.69, 9.17) is 14.0 Å². The number of guanidine groups is 1. The van der Waals surface area contributed by atoms with E-state index >= 15 is 0 Å². The Morgan fingerprint density at radius 3 is 2.77 bits per heavy atom. The number of halogens is 1. The van der Waals surface area contributed by atoms with Crippen LogP contribution in [-0.2, 0) is 15.9 Å². The Kier molecular flexibility index (Phi) is 8.55. The van der Waals surface area contributed by atoms with Crippen molar-refractivity contribution in [1.29, 1.82) is 0 Å². The lowest BCUT2D eigenvalue weighted by molar-refractivity contribution is -0.0816. The summed E-state index contributed by atoms with van der Waals surface area (Å²) in [6.07, 6.45) is 3.23. The van der Waals surface area contributed by atoms with Crippen molar-refractivity contribution in [2.24, 2.45) is 4.99 Å². The van der Waals surface area contributed by atoms with Gasteiger partial charge in [-0.15, -0.1) is 24.0 Å². The van der Waals surface area contributed by atoms with Gasteiger partial charge in [-0.1, -0.05) is 19.0 Å². The molecule has 0 spiro atoms. The molecule has 3 rings (SSSR count). The third-order valence-electron chi connectivity index (χ3n) is 4.61. The number of nitrogens with one attached hydrogen (secondary N) is 1. The van der Waals surface area contributed by atoms with Gasteiger partial charge in [-0.25, -0.2) is 0 Å². The molecule has 0 radical (unpaired) electrons. The van der Waals surface area contributed by atoms with Gasteiger partial charge in [0.2, 0.25) is 5.89 Å². The molecule has 2 aliphatic rings. The van der Waals surface area contributed by atoms with Crippen molar-refractivity contribution in [3.05, 3.63) is 11.7 Å². The van der Waals surface area contributed by atoms with Crippen LogP contribution < -0.4 is 5.32 Å². The molecule has 0 aromatic carbocycles. The molecular weight excluding hydrogens is 449 g/mol. The molecule has 2 fully saturated rings. The molecule has 1 aromatic heterocycles. The average molecular weight is 479 g/mol. The highest BCUT2D eigenvalue weighted by Gasteiger charge is 2.32. The van der Waals surface area contributed by atoms with Gasteiger partial charge >= 0.3 is 0 Å². The summed E-state index contributed by atoms with van der Waals surface area (Å²) in [6, 6.07) is 0. The zero-order valence-electron chi connectivity index (χ0n) is 15.8. The predicted octanol–water partition coefficient (Wildman–Crippen LogP) is 1.81. The number of rotatable bonds is 5. The molecule has 2 unspecified atom stereocenters. The standard InChI is InChI=1S/C17H29N5O3.HI/c1-12(2)16-20-15(25-21-16)6-7-19-17(18-3)22-8-10-24-14(11-22)13-5-4-9-23-13;/h12-14H,4-11H2,1-3H3,(H,18,19);1H. The van der Waals surface area contributed by atoms with Crippen LogP contribution in [0.3, 0.4) is 0 Å². The first-order valence-electron chi connectivity index (χ1n) is 9.18. The number of aliphatic imine (C=N–C) groups is 1. The molecule has 2 atom stereocenters. The van der Waals surface area contributed by atoms with Crippen molar-refractivity contribution in [2.75, 3.05) is 39.9 Å². The van der Waals surface area contributed by atoms with Crippen LogP contribution in [0.5, 0.6) is 0 Å². The monoisotopic (exact) mass is 479 g/mol. The zero-order chi connectivity index (χ0) is 17.6. The topological polar surface area (TPSA) is 85.0 Å². The normalized spacial score (nSPS) is 24.0. The second kappa shape index (κ2) is 10.4. The largest absolute Gasteiger partial charge is 0.375 e. The summed E-state index contributed by atoms with van der Waals surface area (Å²) >= 11 is 0. The first kappa shape index (κ1) is 21.4. The molecule has 3 heterocycles. The smallest absolute Gasteiger partial charge is 0.228 e. The SMILES string of the molecule is CN=C(NCCc1nc(C(C)C)no1)N1CCOC(C2CCCO2)C1.I. The molecule has 0 bridgehead atoms. The fourth-order valence-electron chi connectivity index (χ4n) is 3.21. The lowest BCUT2D eigenvalue weighted by atomic mass is 10.1. The number of ether oxygens (including phenoxy) is 2. The van der Waals surface area contributed by atoms with E-state index in [0.717, 1.165) is 44.3 Å². The number of nitrogens with zero attached hydrogens (tertiary/aromatic N) is 4. The molecule has 1 aromatic rings. The summed E-state index contributed by atoms with van der Waals surface area (Å²) in [5.74, 6) is 2.58. The quantitative estimate of drug-likeness (QED) is 0.392. The summed E-state index contributed by atoms with van der Waals surface area (Å²) in [4.78, 5) is 11.0. The summed E-state index contributed by atoms with van der Waals surface area (Å²) in [7, 11) is 1.81. The number of aromatic nitrogens is 2. The van der Waals surface area contributed by atoms with Gasteiger partial charge < -0.3 is 24.2 Å². The van der Waals surface area contributed by atoms with Gasteiger partial charge in [0.05, 0.1) is 12.7 Å². The fourth-order valence-corrected chi connectivity index (χ4v) is 3.21. The van der Waals surface area contributed by atoms with Crippen LogP contribution in [0.2, 0.25) is 0 Å². The van der Waals surface area contributed by atoms with E-state index in [9.17, 15) is 0 Å². The van der Waals surface area contributed by atoms with Crippen LogP contribution in [0.25, 0.3) is 0 Å². The number of hydrogen-bond acceptors (Lipinski definition) is 6. The Balaban J connectivity index is 0.00000243. The van der Waals surface area contributed by atoms with E-state index in [-0.39, 0.29) is 42.1 Å². The second-order valence-corrected chi connectivity index (χ2v) is 6.83.